The molecule has 0 spiro atoms. The van der Waals surface area contributed by atoms with Gasteiger partial charge in [0.1, 0.15) is 0 Å². The van der Waals surface area contributed by atoms with Gasteiger partial charge in [-0.05, 0) is 0 Å². The maximum atomic E-state index is 16.5. The molecule has 2 aromatic heterocycles. The minimum absolute atomic E-state index is 0.0334. The van der Waals surface area contributed by atoms with Crippen LogP contribution in [-0.2, 0) is 18.6 Å². The third-order valence-electron chi connectivity index (χ3n) is 6.72. The molecule has 14 heteroatoms. The number of hydrogen-bond donors (Lipinski definition) is 0. The van der Waals surface area contributed by atoms with Crippen LogP contribution in [0.25, 0.3) is 32.8 Å². The number of aromatic nitrogens is 4. The van der Waals surface area contributed by atoms with Crippen LogP contribution in [0.2, 0.25) is 0 Å². The fraction of sp³-hybridized carbons (Fsp3) is 0.545. The van der Waals surface area contributed by atoms with Crippen LogP contribution in [0.1, 0.15) is 54.4 Å². The van der Waals surface area contributed by atoms with Gasteiger partial charge < -0.3 is 0 Å². The molecule has 4 aromatic rings. The van der Waals surface area contributed by atoms with Crippen LogP contribution in [-0.4, -0.2) is 83.5 Å². The van der Waals surface area contributed by atoms with Gasteiger partial charge in [-0.1, -0.05) is 0 Å². The van der Waals surface area contributed by atoms with E-state index < -0.39 is 67.0 Å². The molecule has 188 valence electrons. The van der Waals surface area contributed by atoms with Crippen molar-refractivity contribution in [2.75, 3.05) is 0 Å². The normalized spacial score (nSPS) is 24.3. The van der Waals surface area contributed by atoms with Gasteiger partial charge in [-0.25, -0.2) is 0 Å². The van der Waals surface area contributed by atoms with Crippen LogP contribution >= 0.6 is 0 Å². The number of benzene rings is 2. The third-order valence-corrected chi connectivity index (χ3v) is 8.93. The molecule has 0 aliphatic carbocycles. The van der Waals surface area contributed by atoms with Gasteiger partial charge in [0.15, 0.2) is 0 Å². The molecule has 0 N–H and O–H groups in total. The van der Waals surface area contributed by atoms with Crippen LogP contribution in [0, 0.1) is 11.6 Å². The molecular weight excluding hydrogens is 602 g/mol. The van der Waals surface area contributed by atoms with E-state index in [4.69, 9.17) is 18.6 Å². The molecule has 2 fully saturated rings. The summed E-state index contributed by atoms with van der Waals surface area (Å²) in [5.74, 6) is -1.32. The molecular formula is C22H24B2F2N4O4Se2. The van der Waals surface area contributed by atoms with Crippen LogP contribution < -0.4 is 10.9 Å². The molecule has 2 aromatic carbocycles. The molecule has 4 heterocycles. The quantitative estimate of drug-likeness (QED) is 0.312. The van der Waals surface area contributed by atoms with Gasteiger partial charge in [0, 0.05) is 0 Å². The van der Waals surface area contributed by atoms with Gasteiger partial charge in [0.05, 0.1) is 0 Å². The summed E-state index contributed by atoms with van der Waals surface area (Å²) in [4.78, 5) is 0. The molecule has 0 radical (unpaired) electrons. The van der Waals surface area contributed by atoms with Crippen LogP contribution in [0.4, 0.5) is 8.78 Å². The van der Waals surface area contributed by atoms with Crippen LogP contribution in [0.3, 0.4) is 0 Å². The van der Waals surface area contributed by atoms with E-state index in [9.17, 15) is 0 Å². The maximum absolute atomic E-state index is 16.5. The monoisotopic (exact) mass is 628 g/mol. The fourth-order valence-corrected chi connectivity index (χ4v) is 7.90. The standard InChI is InChI=1S/C22H24B2F2N4O4Se2/c1-9-7-21(3,4)33-23(31-9)13-15(25)11-12(17-19(13)29-35-27-17)16(26)14(20-18(11)28-36-30-20)24-32-10(2)8-22(5,6)34-24/h9-10H,7-8H2,1-6H3. The van der Waals surface area contributed by atoms with Crippen molar-refractivity contribution in [1.29, 1.82) is 0 Å². The Bertz CT molecular complexity index is 1400. The molecule has 2 aliphatic heterocycles. The van der Waals surface area contributed by atoms with Crippen molar-refractivity contribution in [3.8, 4) is 0 Å². The van der Waals surface area contributed by atoms with E-state index in [1.165, 1.54) is 0 Å². The summed E-state index contributed by atoms with van der Waals surface area (Å²) in [6, 6.07) is 0. The zero-order chi connectivity index (χ0) is 25.6. The number of hydrogen-bond acceptors (Lipinski definition) is 8. The average molecular weight is 626 g/mol. The number of halogens is 2. The zero-order valence-corrected chi connectivity index (χ0v) is 24.1. The van der Waals surface area contributed by atoms with E-state index in [1.807, 2.05) is 41.5 Å². The van der Waals surface area contributed by atoms with Gasteiger partial charge in [0.25, 0.3) is 0 Å². The summed E-state index contributed by atoms with van der Waals surface area (Å²) in [6.45, 7) is 11.6. The van der Waals surface area contributed by atoms with Crippen LogP contribution in [0.15, 0.2) is 0 Å². The SMILES string of the molecule is CC1CC(C)(C)OB(c2c(F)c3c4n[se]nc4c(B4OC(C)CC(C)(C)O4)c(F)c3c3n[se]nc23)O1. The first-order chi connectivity index (χ1) is 17.0. The Hall–Kier alpha value is -1.23. The van der Waals surface area contributed by atoms with Crippen molar-refractivity contribution in [1.82, 2.24) is 15.9 Å². The first-order valence-corrected chi connectivity index (χ1v) is 14.9. The number of fused-ring (bicyclic) bond motifs is 5. The Morgan fingerprint density at radius 2 is 1.06 bits per heavy atom. The van der Waals surface area contributed by atoms with Gasteiger partial charge in [-0.15, -0.1) is 0 Å². The van der Waals surface area contributed by atoms with Crippen molar-refractivity contribution < 1.29 is 27.4 Å². The van der Waals surface area contributed by atoms with Gasteiger partial charge >= 0.3 is 221 Å². The molecule has 2 saturated heterocycles. The summed E-state index contributed by atoms with van der Waals surface area (Å²) in [6.07, 6.45) is 0.999. The number of rotatable bonds is 2. The molecule has 0 amide bonds. The third kappa shape index (κ3) is 4.01. The number of nitrogens with zero attached hydrogens (tertiary/aromatic N) is 4. The van der Waals surface area contributed by atoms with Crippen molar-refractivity contribution in [3.05, 3.63) is 11.6 Å². The van der Waals surface area contributed by atoms with Gasteiger partial charge in [-0.3, -0.25) is 0 Å². The first kappa shape index (κ1) is 25.1. The summed E-state index contributed by atoms with van der Waals surface area (Å²) < 4.78 is 75.4. The summed E-state index contributed by atoms with van der Waals surface area (Å²) in [7, 11) is -1.99. The predicted octanol–water partition coefficient (Wildman–Crippen LogP) is 1.72. The Balaban J connectivity index is 1.65. The Morgan fingerprint density at radius 3 is 1.42 bits per heavy atom. The van der Waals surface area contributed by atoms with Crippen molar-refractivity contribution in [3.63, 3.8) is 0 Å². The second-order valence-corrected chi connectivity index (χ2v) is 13.1. The van der Waals surface area contributed by atoms with E-state index in [2.05, 4.69) is 15.9 Å². The minimum atomic E-state index is -0.997. The predicted molar refractivity (Wildman–Crippen MR) is 135 cm³/mol. The molecule has 0 bridgehead atoms. The summed E-state index contributed by atoms with van der Waals surface area (Å²) in [5.41, 5.74) is 0.368. The topological polar surface area (TPSA) is 88.5 Å². The molecule has 36 heavy (non-hydrogen) atoms. The Morgan fingerprint density at radius 1 is 0.694 bits per heavy atom. The zero-order valence-electron chi connectivity index (χ0n) is 20.7. The van der Waals surface area contributed by atoms with Crippen LogP contribution in [0.5, 0.6) is 0 Å². The second kappa shape index (κ2) is 8.64. The first-order valence-electron chi connectivity index (χ1n) is 11.8. The molecule has 2 unspecified atom stereocenters. The fourth-order valence-electron chi connectivity index (χ4n) is 5.52. The Kier molecular flexibility index (Phi) is 6.02. The second-order valence-electron chi connectivity index (χ2n) is 10.8. The van der Waals surface area contributed by atoms with Crippen molar-refractivity contribution in [2.45, 2.75) is 77.8 Å². The van der Waals surface area contributed by atoms with E-state index in [0.29, 0.717) is 23.9 Å². The molecule has 6 rings (SSSR count). The van der Waals surface area contributed by atoms with E-state index >= 15 is 8.78 Å². The van der Waals surface area contributed by atoms with Crippen molar-refractivity contribution in [2.24, 2.45) is 0 Å². The molecule has 0 saturated carbocycles. The summed E-state index contributed by atoms with van der Waals surface area (Å²) in [5, 5.41) is 0.0669. The van der Waals surface area contributed by atoms with Crippen molar-refractivity contribution >= 4 is 87.9 Å². The molecule has 2 aliphatic rings. The molecule has 2 atom stereocenters. The van der Waals surface area contributed by atoms with E-state index in [0.717, 1.165) is 0 Å². The van der Waals surface area contributed by atoms with E-state index in [-0.39, 0.29) is 44.9 Å². The summed E-state index contributed by atoms with van der Waals surface area (Å²) >= 11 is -1.11. The molecule has 8 nitrogen and oxygen atoms in total. The van der Waals surface area contributed by atoms with Gasteiger partial charge in [-0.2, -0.15) is 0 Å². The Labute approximate surface area is 220 Å². The van der Waals surface area contributed by atoms with Gasteiger partial charge in [0.2, 0.25) is 0 Å². The average Bonchev–Trinajstić information content (AvgIpc) is 3.40. The van der Waals surface area contributed by atoms with E-state index in [1.54, 1.807) is 0 Å².